The third kappa shape index (κ3) is 1.60. The van der Waals surface area contributed by atoms with E-state index in [0.717, 1.165) is 0 Å². The first-order valence-corrected chi connectivity index (χ1v) is 2.94. The van der Waals surface area contributed by atoms with Crippen LogP contribution in [0.15, 0.2) is 0 Å². The predicted molar refractivity (Wildman–Crippen MR) is 28.4 cm³/mol. The second kappa shape index (κ2) is 2.39. The Hall–Kier alpha value is -0.290. The molecule has 0 unspecified atom stereocenters. The maximum Gasteiger partial charge on any atom is 0.414 e. The number of ether oxygens (including phenoxy) is 1. The zero-order valence-corrected chi connectivity index (χ0v) is 5.19. The molecule has 2 nitrogen and oxygen atoms in total. The van der Waals surface area contributed by atoms with E-state index >= 15 is 0 Å². The van der Waals surface area contributed by atoms with E-state index in [4.69, 9.17) is 5.73 Å². The van der Waals surface area contributed by atoms with Crippen LogP contribution in [0, 0.1) is 0 Å². The molecule has 0 saturated carbocycles. The molecule has 60 valence electrons. The first kappa shape index (κ1) is 7.81. The minimum Gasteiger partial charge on any atom is -0.367 e. The fraction of sp³-hybridized carbons (Fsp3) is 1.00. The minimum absolute atomic E-state index is 0.0180. The largest absolute Gasteiger partial charge is 0.414 e. The molecule has 1 fully saturated rings. The number of nitrogens with two attached hydrogens (primary N) is 1. The third-order valence-electron chi connectivity index (χ3n) is 1.39. The summed E-state index contributed by atoms with van der Waals surface area (Å²) < 4.78 is 39.6. The molecule has 0 aromatic heterocycles. The zero-order valence-electron chi connectivity index (χ0n) is 5.19. The molecule has 1 aliphatic heterocycles. The molecule has 0 aromatic rings. The zero-order chi connectivity index (χ0) is 7.78. The van der Waals surface area contributed by atoms with Crippen molar-refractivity contribution < 1.29 is 17.9 Å². The summed E-state index contributed by atoms with van der Waals surface area (Å²) >= 11 is 0. The predicted octanol–water partition coefficient (Wildman–Crippen LogP) is 0.665. The standard InChI is InChI=1S/C5H8F3NO/c6-5(7,8)4-1-3(9)2-10-4/h3-4H,1-2,9H2/t3-,4+/m0/s1. The Balaban J connectivity index is 2.45. The van der Waals surface area contributed by atoms with Crippen LogP contribution in [-0.2, 0) is 4.74 Å². The van der Waals surface area contributed by atoms with Gasteiger partial charge in [-0.3, -0.25) is 0 Å². The van der Waals surface area contributed by atoms with Crippen LogP contribution in [0.5, 0.6) is 0 Å². The van der Waals surface area contributed by atoms with Gasteiger partial charge in [0.15, 0.2) is 6.10 Å². The van der Waals surface area contributed by atoms with Gasteiger partial charge < -0.3 is 10.5 Å². The quantitative estimate of drug-likeness (QED) is 0.557. The fourth-order valence-electron chi connectivity index (χ4n) is 0.879. The third-order valence-corrected chi connectivity index (χ3v) is 1.39. The number of hydrogen-bond donors (Lipinski definition) is 1. The summed E-state index contributed by atoms with van der Waals surface area (Å²) in [6.45, 7) is 0.0180. The minimum atomic E-state index is -4.24. The van der Waals surface area contributed by atoms with Gasteiger partial charge in [-0.15, -0.1) is 0 Å². The van der Waals surface area contributed by atoms with Crippen molar-refractivity contribution in [1.82, 2.24) is 0 Å². The van der Waals surface area contributed by atoms with Crippen molar-refractivity contribution in [3.63, 3.8) is 0 Å². The lowest BCUT2D eigenvalue weighted by molar-refractivity contribution is -0.206. The molecule has 0 amide bonds. The highest BCUT2D eigenvalue weighted by molar-refractivity contribution is 4.80. The van der Waals surface area contributed by atoms with Crippen molar-refractivity contribution in [2.75, 3.05) is 6.61 Å². The van der Waals surface area contributed by atoms with Gasteiger partial charge in [-0.05, 0) is 6.42 Å². The first-order valence-electron chi connectivity index (χ1n) is 2.94. The summed E-state index contributed by atoms with van der Waals surface area (Å²) in [5.41, 5.74) is 5.20. The number of hydrogen-bond acceptors (Lipinski definition) is 2. The Morgan fingerprint density at radius 1 is 1.40 bits per heavy atom. The van der Waals surface area contributed by atoms with Crippen LogP contribution >= 0.6 is 0 Å². The molecule has 0 radical (unpaired) electrons. The number of alkyl halides is 3. The second-order valence-corrected chi connectivity index (χ2v) is 2.36. The number of halogens is 3. The molecule has 0 bridgehead atoms. The van der Waals surface area contributed by atoms with E-state index in [2.05, 4.69) is 4.74 Å². The van der Waals surface area contributed by atoms with E-state index < -0.39 is 18.3 Å². The monoisotopic (exact) mass is 155 g/mol. The molecule has 1 rings (SSSR count). The van der Waals surface area contributed by atoms with Crippen molar-refractivity contribution in [3.05, 3.63) is 0 Å². The maximum absolute atomic E-state index is 11.8. The molecule has 0 spiro atoms. The Kier molecular flexibility index (Phi) is 1.87. The lowest BCUT2D eigenvalue weighted by atomic mass is 10.2. The molecule has 1 aliphatic rings. The molecule has 1 heterocycles. The van der Waals surface area contributed by atoms with E-state index in [0.29, 0.717) is 0 Å². The van der Waals surface area contributed by atoms with Gasteiger partial charge in [0.25, 0.3) is 0 Å². The Bertz CT molecular complexity index is 125. The normalized spacial score (nSPS) is 34.8. The van der Waals surface area contributed by atoms with Crippen molar-refractivity contribution >= 4 is 0 Å². The summed E-state index contributed by atoms with van der Waals surface area (Å²) in [6.07, 6.45) is -5.99. The number of rotatable bonds is 0. The maximum atomic E-state index is 11.8. The summed E-state index contributed by atoms with van der Waals surface area (Å²) in [5, 5.41) is 0. The molecule has 0 aliphatic carbocycles. The van der Waals surface area contributed by atoms with E-state index in [9.17, 15) is 13.2 Å². The van der Waals surface area contributed by atoms with E-state index in [1.165, 1.54) is 0 Å². The second-order valence-electron chi connectivity index (χ2n) is 2.36. The SMILES string of the molecule is N[C@@H]1CO[C@@H](C(F)(F)F)C1. The van der Waals surface area contributed by atoms with Gasteiger partial charge in [0.1, 0.15) is 0 Å². The average Bonchev–Trinajstić information content (AvgIpc) is 2.11. The lowest BCUT2D eigenvalue weighted by Gasteiger charge is -2.12. The van der Waals surface area contributed by atoms with E-state index in [1.807, 2.05) is 0 Å². The van der Waals surface area contributed by atoms with Crippen LogP contribution in [0.2, 0.25) is 0 Å². The molecule has 1 saturated heterocycles. The summed E-state index contributed by atoms with van der Waals surface area (Å²) in [7, 11) is 0. The molecular formula is C5H8F3NO. The average molecular weight is 155 g/mol. The van der Waals surface area contributed by atoms with Gasteiger partial charge in [-0.1, -0.05) is 0 Å². The smallest absolute Gasteiger partial charge is 0.367 e. The molecule has 2 atom stereocenters. The van der Waals surface area contributed by atoms with Gasteiger partial charge in [-0.2, -0.15) is 13.2 Å². The topological polar surface area (TPSA) is 35.2 Å². The molecular weight excluding hydrogens is 147 g/mol. The van der Waals surface area contributed by atoms with E-state index in [-0.39, 0.29) is 13.0 Å². The summed E-state index contributed by atoms with van der Waals surface area (Å²) in [6, 6.07) is -0.452. The van der Waals surface area contributed by atoms with Gasteiger partial charge in [0, 0.05) is 6.04 Å². The summed E-state index contributed by atoms with van der Waals surface area (Å²) in [5.74, 6) is 0. The van der Waals surface area contributed by atoms with Crippen LogP contribution in [-0.4, -0.2) is 24.9 Å². The Morgan fingerprint density at radius 2 is 2.00 bits per heavy atom. The molecule has 2 N–H and O–H groups in total. The van der Waals surface area contributed by atoms with Crippen LogP contribution in [0.25, 0.3) is 0 Å². The molecule has 5 heteroatoms. The van der Waals surface area contributed by atoms with Gasteiger partial charge in [-0.25, -0.2) is 0 Å². The van der Waals surface area contributed by atoms with Crippen molar-refractivity contribution in [3.8, 4) is 0 Å². The highest BCUT2D eigenvalue weighted by Crippen LogP contribution is 2.29. The van der Waals surface area contributed by atoms with Gasteiger partial charge in [0.2, 0.25) is 0 Å². The van der Waals surface area contributed by atoms with Crippen LogP contribution in [0.4, 0.5) is 13.2 Å². The summed E-state index contributed by atoms with van der Waals surface area (Å²) in [4.78, 5) is 0. The highest BCUT2D eigenvalue weighted by Gasteiger charge is 2.44. The Labute approximate surface area is 56.1 Å². The van der Waals surface area contributed by atoms with Crippen molar-refractivity contribution in [2.45, 2.75) is 24.7 Å². The van der Waals surface area contributed by atoms with Gasteiger partial charge >= 0.3 is 6.18 Å². The first-order chi connectivity index (χ1) is 4.50. The lowest BCUT2D eigenvalue weighted by Crippen LogP contribution is -2.29. The highest BCUT2D eigenvalue weighted by atomic mass is 19.4. The van der Waals surface area contributed by atoms with Gasteiger partial charge in [0.05, 0.1) is 6.61 Å². The van der Waals surface area contributed by atoms with Crippen LogP contribution in [0.1, 0.15) is 6.42 Å². The fourth-order valence-corrected chi connectivity index (χ4v) is 0.879. The van der Waals surface area contributed by atoms with Crippen LogP contribution in [0.3, 0.4) is 0 Å². The van der Waals surface area contributed by atoms with E-state index in [1.54, 1.807) is 0 Å². The molecule has 0 aromatic carbocycles. The van der Waals surface area contributed by atoms with Crippen molar-refractivity contribution in [1.29, 1.82) is 0 Å². The Morgan fingerprint density at radius 3 is 2.20 bits per heavy atom. The van der Waals surface area contributed by atoms with Crippen molar-refractivity contribution in [2.24, 2.45) is 5.73 Å². The van der Waals surface area contributed by atoms with Crippen LogP contribution < -0.4 is 5.73 Å². The molecule has 10 heavy (non-hydrogen) atoms.